The molecule has 114 valence electrons. The van der Waals surface area contributed by atoms with Gasteiger partial charge in [0.05, 0.1) is 7.11 Å². The number of hydrogen-bond donors (Lipinski definition) is 2. The Hall–Kier alpha value is -0.580. The minimum atomic E-state index is 0.172. The summed E-state index contributed by atoms with van der Waals surface area (Å²) < 4.78 is 6.36. The molecule has 0 aromatic heterocycles. The van der Waals surface area contributed by atoms with E-state index < -0.39 is 0 Å². The second kappa shape index (κ2) is 10.2. The van der Waals surface area contributed by atoms with E-state index in [9.17, 15) is 0 Å². The molecule has 0 radical (unpaired) electrons. The van der Waals surface area contributed by atoms with Crippen molar-refractivity contribution in [2.75, 3.05) is 7.11 Å². The van der Waals surface area contributed by atoms with E-state index in [0.29, 0.717) is 0 Å². The number of ether oxygens (including phenoxy) is 1. The molecule has 1 atom stereocenters. The summed E-state index contributed by atoms with van der Waals surface area (Å²) >= 11 is 3.59. The van der Waals surface area contributed by atoms with Crippen LogP contribution in [0.3, 0.4) is 0 Å². The molecule has 3 nitrogen and oxygen atoms in total. The Labute approximate surface area is 131 Å². The molecule has 0 aliphatic heterocycles. The van der Waals surface area contributed by atoms with Crippen LogP contribution in [0.15, 0.2) is 22.7 Å². The highest BCUT2D eigenvalue weighted by Crippen LogP contribution is 2.30. The van der Waals surface area contributed by atoms with Gasteiger partial charge in [-0.1, -0.05) is 61.4 Å². The first-order chi connectivity index (χ1) is 9.72. The van der Waals surface area contributed by atoms with Gasteiger partial charge >= 0.3 is 0 Å². The lowest BCUT2D eigenvalue weighted by molar-refractivity contribution is 0.411. The van der Waals surface area contributed by atoms with E-state index in [1.54, 1.807) is 7.11 Å². The third kappa shape index (κ3) is 5.81. The summed E-state index contributed by atoms with van der Waals surface area (Å²) in [6.45, 7) is 2.24. The minimum absolute atomic E-state index is 0.172. The zero-order valence-corrected chi connectivity index (χ0v) is 14.2. The van der Waals surface area contributed by atoms with Crippen molar-refractivity contribution in [3.05, 3.63) is 28.2 Å². The number of nitrogens with two attached hydrogens (primary N) is 1. The van der Waals surface area contributed by atoms with Crippen molar-refractivity contribution in [1.82, 2.24) is 5.43 Å². The highest BCUT2D eigenvalue weighted by Gasteiger charge is 2.13. The van der Waals surface area contributed by atoms with Crippen LogP contribution >= 0.6 is 15.9 Å². The van der Waals surface area contributed by atoms with Crippen LogP contribution in [-0.2, 0) is 0 Å². The van der Waals surface area contributed by atoms with Gasteiger partial charge in [-0.2, -0.15) is 0 Å². The van der Waals surface area contributed by atoms with Crippen molar-refractivity contribution in [1.29, 1.82) is 0 Å². The molecule has 1 aromatic carbocycles. The Balaban J connectivity index is 2.49. The number of unbranched alkanes of at least 4 members (excludes halogenated alkanes) is 5. The molecule has 0 saturated carbocycles. The van der Waals surface area contributed by atoms with Crippen molar-refractivity contribution < 1.29 is 4.74 Å². The van der Waals surface area contributed by atoms with Gasteiger partial charge in [-0.3, -0.25) is 11.3 Å². The van der Waals surface area contributed by atoms with Crippen LogP contribution in [0.25, 0.3) is 0 Å². The average molecular weight is 343 g/mol. The summed E-state index contributed by atoms with van der Waals surface area (Å²) in [6.07, 6.45) is 8.84. The van der Waals surface area contributed by atoms with Crippen molar-refractivity contribution in [3.63, 3.8) is 0 Å². The zero-order chi connectivity index (χ0) is 14.8. The summed E-state index contributed by atoms with van der Waals surface area (Å²) in [5.41, 5.74) is 4.09. The minimum Gasteiger partial charge on any atom is -0.497 e. The molecule has 1 rings (SSSR count). The van der Waals surface area contributed by atoms with Gasteiger partial charge in [-0.25, -0.2) is 0 Å². The van der Waals surface area contributed by atoms with E-state index in [1.165, 1.54) is 44.1 Å². The molecule has 0 spiro atoms. The Kier molecular flexibility index (Phi) is 8.90. The molecular weight excluding hydrogens is 316 g/mol. The molecule has 1 unspecified atom stereocenters. The number of halogens is 1. The van der Waals surface area contributed by atoms with E-state index >= 15 is 0 Å². The maximum absolute atomic E-state index is 5.72. The highest BCUT2D eigenvalue weighted by atomic mass is 79.9. The predicted octanol–water partition coefficient (Wildman–Crippen LogP) is 4.71. The van der Waals surface area contributed by atoms with Crippen LogP contribution in [0.2, 0.25) is 0 Å². The van der Waals surface area contributed by atoms with Crippen molar-refractivity contribution in [2.24, 2.45) is 5.84 Å². The molecule has 0 saturated heterocycles. The smallest absolute Gasteiger partial charge is 0.119 e. The molecule has 0 fully saturated rings. The third-order valence-electron chi connectivity index (χ3n) is 3.63. The molecule has 0 aliphatic carbocycles. The summed E-state index contributed by atoms with van der Waals surface area (Å²) in [7, 11) is 1.69. The van der Waals surface area contributed by atoms with E-state index in [1.807, 2.05) is 18.2 Å². The summed E-state index contributed by atoms with van der Waals surface area (Å²) in [4.78, 5) is 0. The third-order valence-corrected chi connectivity index (χ3v) is 4.35. The quantitative estimate of drug-likeness (QED) is 0.367. The fourth-order valence-electron chi connectivity index (χ4n) is 2.37. The van der Waals surface area contributed by atoms with E-state index in [4.69, 9.17) is 10.6 Å². The fourth-order valence-corrected chi connectivity index (χ4v) is 2.90. The fraction of sp³-hybridized carbons (Fsp3) is 0.625. The lowest BCUT2D eigenvalue weighted by atomic mass is 10.00. The largest absolute Gasteiger partial charge is 0.497 e. The maximum Gasteiger partial charge on any atom is 0.119 e. The van der Waals surface area contributed by atoms with Crippen molar-refractivity contribution >= 4 is 15.9 Å². The van der Waals surface area contributed by atoms with Gasteiger partial charge in [0.1, 0.15) is 5.75 Å². The second-order valence-electron chi connectivity index (χ2n) is 5.16. The molecule has 4 heteroatoms. The molecule has 20 heavy (non-hydrogen) atoms. The zero-order valence-electron chi connectivity index (χ0n) is 12.6. The van der Waals surface area contributed by atoms with Crippen LogP contribution in [-0.4, -0.2) is 7.11 Å². The van der Waals surface area contributed by atoms with Crippen molar-refractivity contribution in [2.45, 2.75) is 57.9 Å². The number of rotatable bonds is 10. The Morgan fingerprint density at radius 1 is 1.20 bits per heavy atom. The summed E-state index contributed by atoms with van der Waals surface area (Å²) in [5, 5.41) is 0. The Morgan fingerprint density at radius 2 is 1.90 bits per heavy atom. The van der Waals surface area contributed by atoms with Crippen molar-refractivity contribution in [3.8, 4) is 5.75 Å². The number of nitrogens with one attached hydrogen (secondary N) is 1. The Morgan fingerprint density at radius 3 is 2.55 bits per heavy atom. The SMILES string of the molecule is CCCCCCCCC(NN)c1cc(OC)ccc1Br. The van der Waals surface area contributed by atoms with E-state index in [0.717, 1.165) is 16.6 Å². The number of benzene rings is 1. The second-order valence-corrected chi connectivity index (χ2v) is 6.02. The van der Waals surface area contributed by atoms with Gasteiger partial charge in [-0.15, -0.1) is 0 Å². The molecular formula is C16H27BrN2O. The first-order valence-electron chi connectivity index (χ1n) is 7.52. The van der Waals surface area contributed by atoms with Crippen LogP contribution in [0.1, 0.15) is 63.5 Å². The van der Waals surface area contributed by atoms with Crippen LogP contribution in [0.4, 0.5) is 0 Å². The van der Waals surface area contributed by atoms with Crippen LogP contribution in [0, 0.1) is 0 Å². The summed E-state index contributed by atoms with van der Waals surface area (Å²) in [5.74, 6) is 6.58. The van der Waals surface area contributed by atoms with Gasteiger partial charge in [0.15, 0.2) is 0 Å². The van der Waals surface area contributed by atoms with E-state index in [-0.39, 0.29) is 6.04 Å². The van der Waals surface area contributed by atoms with Gasteiger partial charge < -0.3 is 4.74 Å². The van der Waals surface area contributed by atoms with Crippen LogP contribution in [0.5, 0.6) is 5.75 Å². The van der Waals surface area contributed by atoms with Crippen LogP contribution < -0.4 is 16.0 Å². The van der Waals surface area contributed by atoms with Gasteiger partial charge in [0, 0.05) is 10.5 Å². The number of methoxy groups -OCH3 is 1. The molecule has 0 aliphatic rings. The van der Waals surface area contributed by atoms with Gasteiger partial charge in [0.25, 0.3) is 0 Å². The monoisotopic (exact) mass is 342 g/mol. The first kappa shape index (κ1) is 17.5. The Bertz CT molecular complexity index is 385. The average Bonchev–Trinajstić information content (AvgIpc) is 2.48. The molecule has 0 heterocycles. The molecule has 1 aromatic rings. The standard InChI is InChI=1S/C16H27BrN2O/c1-3-4-5-6-7-8-9-16(19-18)14-12-13(20-2)10-11-15(14)17/h10-12,16,19H,3-9,18H2,1-2H3. The maximum atomic E-state index is 5.72. The van der Waals surface area contributed by atoms with E-state index in [2.05, 4.69) is 28.3 Å². The lowest BCUT2D eigenvalue weighted by Gasteiger charge is -2.18. The number of hydrazine groups is 1. The van der Waals surface area contributed by atoms with Gasteiger partial charge in [-0.05, 0) is 30.2 Å². The first-order valence-corrected chi connectivity index (χ1v) is 8.31. The topological polar surface area (TPSA) is 47.3 Å². The molecule has 0 bridgehead atoms. The summed E-state index contributed by atoms with van der Waals surface area (Å²) in [6, 6.07) is 6.18. The predicted molar refractivity (Wildman–Crippen MR) is 88.8 cm³/mol. The normalized spacial score (nSPS) is 12.4. The molecule has 0 amide bonds. The van der Waals surface area contributed by atoms with Gasteiger partial charge in [0.2, 0.25) is 0 Å². The lowest BCUT2D eigenvalue weighted by Crippen LogP contribution is -2.28. The highest BCUT2D eigenvalue weighted by molar-refractivity contribution is 9.10. The molecule has 3 N–H and O–H groups in total. The number of hydrogen-bond acceptors (Lipinski definition) is 3.